The summed E-state index contributed by atoms with van der Waals surface area (Å²) in [6.07, 6.45) is 5.76. The van der Waals surface area contributed by atoms with Gasteiger partial charge in [-0.2, -0.15) is 8.78 Å². The summed E-state index contributed by atoms with van der Waals surface area (Å²) in [5, 5.41) is 0.615. The van der Waals surface area contributed by atoms with E-state index in [1.165, 1.54) is 18.5 Å². The lowest BCUT2D eigenvalue weighted by Gasteiger charge is -2.22. The van der Waals surface area contributed by atoms with Gasteiger partial charge in [0.05, 0.1) is 34.0 Å². The predicted octanol–water partition coefficient (Wildman–Crippen LogP) is 6.66. The number of pyridine rings is 1. The van der Waals surface area contributed by atoms with Crippen LogP contribution in [-0.2, 0) is 22.5 Å². The van der Waals surface area contributed by atoms with E-state index < -0.39 is 18.7 Å². The standard InChI is InChI=1S/C27H23Cl2F2N3O4/c28-19-11-32-12-20(29)18(19)10-24(37-26(35)13-34-15-33-21-3-1-2-4-22(21)34)17-7-8-23(38-27(30)31)25(9-17)36-14-16-5-6-16/h1-4,7-9,11-12,15-16,24,27H,5-6,10,13-14H2/t24-/m0/s1. The molecule has 0 radical (unpaired) electrons. The molecule has 0 bridgehead atoms. The number of hydrogen-bond acceptors (Lipinski definition) is 6. The summed E-state index contributed by atoms with van der Waals surface area (Å²) in [5.74, 6) is -0.110. The summed E-state index contributed by atoms with van der Waals surface area (Å²) in [6.45, 7) is -2.73. The van der Waals surface area contributed by atoms with Crippen LogP contribution in [0.4, 0.5) is 8.78 Å². The van der Waals surface area contributed by atoms with Crippen molar-refractivity contribution in [2.24, 2.45) is 5.92 Å². The fraction of sp³-hybridized carbons (Fsp3) is 0.296. The normalized spacial score (nSPS) is 14.0. The maximum Gasteiger partial charge on any atom is 0.387 e. The fourth-order valence-corrected chi connectivity index (χ4v) is 4.56. The molecule has 7 nitrogen and oxygen atoms in total. The highest BCUT2D eigenvalue weighted by molar-refractivity contribution is 6.35. The summed E-state index contributed by atoms with van der Waals surface area (Å²) in [5.41, 5.74) is 2.57. The van der Waals surface area contributed by atoms with Crippen molar-refractivity contribution < 1.29 is 27.8 Å². The fourth-order valence-electron chi connectivity index (χ4n) is 4.04. The van der Waals surface area contributed by atoms with E-state index in [0.29, 0.717) is 33.7 Å². The third-order valence-corrected chi connectivity index (χ3v) is 6.82. The molecule has 4 aromatic rings. The van der Waals surface area contributed by atoms with Gasteiger partial charge < -0.3 is 18.8 Å². The lowest BCUT2D eigenvalue weighted by Crippen LogP contribution is -2.19. The summed E-state index contributed by atoms with van der Waals surface area (Å²) >= 11 is 12.7. The number of benzene rings is 2. The summed E-state index contributed by atoms with van der Waals surface area (Å²) in [6, 6.07) is 11.9. The zero-order valence-corrected chi connectivity index (χ0v) is 21.5. The average Bonchev–Trinajstić information content (AvgIpc) is 3.64. The number of esters is 1. The van der Waals surface area contributed by atoms with Crippen molar-refractivity contribution in [1.82, 2.24) is 14.5 Å². The van der Waals surface area contributed by atoms with Crippen LogP contribution in [-0.4, -0.2) is 33.7 Å². The van der Waals surface area contributed by atoms with Crippen LogP contribution in [0.5, 0.6) is 11.5 Å². The molecule has 1 aliphatic rings. The second kappa shape index (κ2) is 11.5. The number of aromatic nitrogens is 3. The molecule has 2 aromatic heterocycles. The number of ether oxygens (including phenoxy) is 3. The molecule has 2 aromatic carbocycles. The molecule has 38 heavy (non-hydrogen) atoms. The lowest BCUT2D eigenvalue weighted by molar-refractivity contribution is -0.150. The van der Waals surface area contributed by atoms with Gasteiger partial charge in [0.1, 0.15) is 12.6 Å². The van der Waals surface area contributed by atoms with Crippen LogP contribution in [0.2, 0.25) is 10.0 Å². The van der Waals surface area contributed by atoms with Crippen LogP contribution in [0, 0.1) is 5.92 Å². The average molecular weight is 562 g/mol. The van der Waals surface area contributed by atoms with Crippen LogP contribution < -0.4 is 9.47 Å². The monoisotopic (exact) mass is 561 g/mol. The molecule has 0 amide bonds. The van der Waals surface area contributed by atoms with E-state index in [1.807, 2.05) is 24.3 Å². The van der Waals surface area contributed by atoms with Gasteiger partial charge in [0.2, 0.25) is 0 Å². The zero-order chi connectivity index (χ0) is 26.6. The van der Waals surface area contributed by atoms with E-state index in [4.69, 9.17) is 32.7 Å². The van der Waals surface area contributed by atoms with E-state index in [1.54, 1.807) is 23.0 Å². The predicted molar refractivity (Wildman–Crippen MR) is 138 cm³/mol. The molecule has 1 atom stereocenters. The highest BCUT2D eigenvalue weighted by Gasteiger charge is 2.26. The van der Waals surface area contributed by atoms with Gasteiger partial charge in [-0.25, -0.2) is 4.98 Å². The largest absolute Gasteiger partial charge is 0.489 e. The van der Waals surface area contributed by atoms with Crippen LogP contribution >= 0.6 is 23.2 Å². The highest BCUT2D eigenvalue weighted by atomic mass is 35.5. The number of hydrogen-bond donors (Lipinski definition) is 0. The molecular weight excluding hydrogens is 539 g/mol. The maximum absolute atomic E-state index is 13.1. The Morgan fingerprint density at radius 2 is 1.84 bits per heavy atom. The van der Waals surface area contributed by atoms with Crippen LogP contribution in [0.15, 0.2) is 61.2 Å². The highest BCUT2D eigenvalue weighted by Crippen LogP contribution is 2.38. The molecule has 1 saturated carbocycles. The van der Waals surface area contributed by atoms with Crippen molar-refractivity contribution in [3.05, 3.63) is 82.4 Å². The Morgan fingerprint density at radius 1 is 1.08 bits per heavy atom. The molecule has 0 unspecified atom stereocenters. The van der Waals surface area contributed by atoms with Gasteiger partial charge in [-0.1, -0.05) is 41.4 Å². The third-order valence-electron chi connectivity index (χ3n) is 6.17. The maximum atomic E-state index is 13.1. The minimum atomic E-state index is -3.02. The first-order valence-electron chi connectivity index (χ1n) is 12.0. The van der Waals surface area contributed by atoms with Crippen LogP contribution in [0.25, 0.3) is 11.0 Å². The van der Waals surface area contributed by atoms with E-state index in [-0.39, 0.29) is 24.5 Å². The molecule has 11 heteroatoms. The van der Waals surface area contributed by atoms with E-state index in [9.17, 15) is 13.6 Å². The van der Waals surface area contributed by atoms with Crippen molar-refractivity contribution in [3.8, 4) is 11.5 Å². The second-order valence-electron chi connectivity index (χ2n) is 8.96. The summed E-state index contributed by atoms with van der Waals surface area (Å²) in [7, 11) is 0. The Hall–Kier alpha value is -3.43. The van der Waals surface area contributed by atoms with Gasteiger partial charge in [-0.15, -0.1) is 0 Å². The van der Waals surface area contributed by atoms with Crippen molar-refractivity contribution in [3.63, 3.8) is 0 Å². The summed E-state index contributed by atoms with van der Waals surface area (Å²) in [4.78, 5) is 21.4. The molecule has 1 fully saturated rings. The number of carbonyl (C=O) groups excluding carboxylic acids is 1. The Bertz CT molecular complexity index is 1420. The van der Waals surface area contributed by atoms with Crippen molar-refractivity contribution in [2.75, 3.05) is 6.61 Å². The Balaban J connectivity index is 1.44. The van der Waals surface area contributed by atoms with Crippen molar-refractivity contribution >= 4 is 40.2 Å². The molecule has 5 rings (SSSR count). The van der Waals surface area contributed by atoms with E-state index >= 15 is 0 Å². The van der Waals surface area contributed by atoms with Gasteiger partial charge in [0.15, 0.2) is 11.5 Å². The molecule has 0 N–H and O–H groups in total. The molecular formula is C27H23Cl2F2N3O4. The second-order valence-corrected chi connectivity index (χ2v) is 9.78. The number of para-hydroxylation sites is 2. The number of carbonyl (C=O) groups is 1. The Kier molecular flexibility index (Phi) is 7.95. The lowest BCUT2D eigenvalue weighted by atomic mass is 10.0. The molecule has 1 aliphatic carbocycles. The minimum absolute atomic E-state index is 0.0908. The SMILES string of the molecule is O=C(Cn1cnc2ccccc21)O[C@@H](Cc1c(Cl)cncc1Cl)c1ccc(OC(F)F)c(OCC2CC2)c1. The third kappa shape index (κ3) is 6.34. The van der Waals surface area contributed by atoms with Crippen LogP contribution in [0.1, 0.15) is 30.1 Å². The molecule has 0 spiro atoms. The van der Waals surface area contributed by atoms with Gasteiger partial charge >= 0.3 is 12.6 Å². The molecule has 0 aliphatic heterocycles. The molecule has 2 heterocycles. The first-order valence-corrected chi connectivity index (χ1v) is 12.7. The number of rotatable bonds is 11. The summed E-state index contributed by atoms with van der Waals surface area (Å²) < 4.78 is 44.1. The minimum Gasteiger partial charge on any atom is -0.489 e. The van der Waals surface area contributed by atoms with E-state index in [2.05, 4.69) is 14.7 Å². The van der Waals surface area contributed by atoms with Gasteiger partial charge in [-0.3, -0.25) is 9.78 Å². The van der Waals surface area contributed by atoms with Crippen molar-refractivity contribution in [2.45, 2.75) is 38.5 Å². The Morgan fingerprint density at radius 3 is 2.58 bits per heavy atom. The van der Waals surface area contributed by atoms with Crippen molar-refractivity contribution in [1.29, 1.82) is 0 Å². The first-order chi connectivity index (χ1) is 18.4. The number of fused-ring (bicyclic) bond motifs is 1. The number of imidazole rings is 1. The number of alkyl halides is 2. The van der Waals surface area contributed by atoms with Crippen LogP contribution in [0.3, 0.4) is 0 Å². The Labute approximate surface area is 227 Å². The topological polar surface area (TPSA) is 75.5 Å². The van der Waals surface area contributed by atoms with Gasteiger partial charge in [0.25, 0.3) is 0 Å². The van der Waals surface area contributed by atoms with Gasteiger partial charge in [-0.05, 0) is 54.2 Å². The molecule has 198 valence electrons. The smallest absolute Gasteiger partial charge is 0.387 e. The number of nitrogens with zero attached hydrogens (tertiary/aromatic N) is 3. The first kappa shape index (κ1) is 26.2. The van der Waals surface area contributed by atoms with Gasteiger partial charge in [0, 0.05) is 18.8 Å². The molecule has 0 saturated heterocycles. The number of halogens is 4. The van der Waals surface area contributed by atoms with E-state index in [0.717, 1.165) is 23.9 Å². The zero-order valence-electron chi connectivity index (χ0n) is 20.0. The quantitative estimate of drug-likeness (QED) is 0.191.